The summed E-state index contributed by atoms with van der Waals surface area (Å²) in [6.07, 6.45) is 6.34. The van der Waals surface area contributed by atoms with E-state index in [0.29, 0.717) is 5.88 Å². The van der Waals surface area contributed by atoms with Crippen LogP contribution in [0, 0.1) is 5.92 Å². The second kappa shape index (κ2) is 6.68. The quantitative estimate of drug-likeness (QED) is 0.643. The van der Waals surface area contributed by atoms with Gasteiger partial charge in [-0.25, -0.2) is 0 Å². The van der Waals surface area contributed by atoms with E-state index in [0.717, 1.165) is 18.8 Å². The summed E-state index contributed by atoms with van der Waals surface area (Å²) < 4.78 is 0. The molecular formula is C14H19Cl. The van der Waals surface area contributed by atoms with Crippen LogP contribution >= 0.6 is 11.6 Å². The highest BCUT2D eigenvalue weighted by Gasteiger charge is 1.96. The molecule has 1 aromatic carbocycles. The molecule has 0 bridgehead atoms. The third-order valence-corrected chi connectivity index (χ3v) is 2.43. The molecule has 0 spiro atoms. The third-order valence-electron chi connectivity index (χ3n) is 2.21. The standard InChI is InChI=1S/C14H19Cl/c1-12(2)11-14-8-6-13(7-9-14)5-3-4-10-15/h3,5-9,12H,4,10-11H2,1-2H3/b5-3+. The minimum atomic E-state index is 0.696. The van der Waals surface area contributed by atoms with E-state index in [1.807, 2.05) is 0 Å². The molecule has 0 nitrogen and oxygen atoms in total. The first-order valence-electron chi connectivity index (χ1n) is 5.54. The molecule has 0 unspecified atom stereocenters. The molecule has 0 aliphatic rings. The summed E-state index contributed by atoms with van der Waals surface area (Å²) in [6.45, 7) is 4.49. The fraction of sp³-hybridized carbons (Fsp3) is 0.429. The predicted octanol–water partition coefficient (Wildman–Crippen LogP) is 4.53. The number of halogens is 1. The SMILES string of the molecule is CC(C)Cc1ccc(/C=C/CCCl)cc1. The maximum atomic E-state index is 5.60. The van der Waals surface area contributed by atoms with Crippen LogP contribution in [0.4, 0.5) is 0 Å². The van der Waals surface area contributed by atoms with E-state index in [9.17, 15) is 0 Å². The molecule has 1 aromatic rings. The van der Waals surface area contributed by atoms with Gasteiger partial charge in [0.2, 0.25) is 0 Å². The van der Waals surface area contributed by atoms with E-state index >= 15 is 0 Å². The van der Waals surface area contributed by atoms with Gasteiger partial charge in [0.05, 0.1) is 0 Å². The largest absolute Gasteiger partial charge is 0.126 e. The summed E-state index contributed by atoms with van der Waals surface area (Å²) in [5.41, 5.74) is 2.67. The van der Waals surface area contributed by atoms with Gasteiger partial charge >= 0.3 is 0 Å². The Kier molecular flexibility index (Phi) is 5.49. The summed E-state index contributed by atoms with van der Waals surface area (Å²) >= 11 is 5.60. The highest BCUT2D eigenvalue weighted by molar-refractivity contribution is 6.17. The fourth-order valence-corrected chi connectivity index (χ4v) is 1.64. The predicted molar refractivity (Wildman–Crippen MR) is 69.4 cm³/mol. The van der Waals surface area contributed by atoms with Gasteiger partial charge in [0.25, 0.3) is 0 Å². The summed E-state index contributed by atoms with van der Waals surface area (Å²) in [7, 11) is 0. The Labute approximate surface area is 98.0 Å². The Morgan fingerprint density at radius 1 is 1.20 bits per heavy atom. The lowest BCUT2D eigenvalue weighted by atomic mass is 10.0. The summed E-state index contributed by atoms with van der Waals surface area (Å²) in [5.74, 6) is 1.42. The number of benzene rings is 1. The molecule has 0 N–H and O–H groups in total. The first kappa shape index (κ1) is 12.3. The topological polar surface area (TPSA) is 0 Å². The van der Waals surface area contributed by atoms with Crippen LogP contribution in [0.5, 0.6) is 0 Å². The minimum Gasteiger partial charge on any atom is -0.126 e. The van der Waals surface area contributed by atoms with Gasteiger partial charge in [0.15, 0.2) is 0 Å². The van der Waals surface area contributed by atoms with Crippen molar-refractivity contribution in [1.82, 2.24) is 0 Å². The van der Waals surface area contributed by atoms with Gasteiger partial charge in [-0.3, -0.25) is 0 Å². The molecule has 0 aromatic heterocycles. The van der Waals surface area contributed by atoms with Crippen LogP contribution in [-0.4, -0.2) is 5.88 Å². The van der Waals surface area contributed by atoms with Crippen LogP contribution in [0.3, 0.4) is 0 Å². The van der Waals surface area contributed by atoms with E-state index in [4.69, 9.17) is 11.6 Å². The second-order valence-corrected chi connectivity index (χ2v) is 4.60. The molecule has 0 aliphatic carbocycles. The van der Waals surface area contributed by atoms with Crippen molar-refractivity contribution in [3.05, 3.63) is 41.5 Å². The van der Waals surface area contributed by atoms with Crippen molar-refractivity contribution in [3.63, 3.8) is 0 Å². The fourth-order valence-electron chi connectivity index (χ4n) is 1.52. The highest BCUT2D eigenvalue weighted by Crippen LogP contribution is 2.11. The lowest BCUT2D eigenvalue weighted by Gasteiger charge is -2.04. The van der Waals surface area contributed by atoms with Crippen molar-refractivity contribution in [2.24, 2.45) is 5.92 Å². The van der Waals surface area contributed by atoms with Gasteiger partial charge in [0, 0.05) is 5.88 Å². The number of alkyl halides is 1. The number of rotatable bonds is 5. The van der Waals surface area contributed by atoms with E-state index in [1.54, 1.807) is 0 Å². The van der Waals surface area contributed by atoms with Crippen LogP contribution in [0.2, 0.25) is 0 Å². The number of hydrogen-bond acceptors (Lipinski definition) is 0. The Balaban J connectivity index is 2.56. The molecule has 0 saturated heterocycles. The Morgan fingerprint density at radius 3 is 2.40 bits per heavy atom. The third kappa shape index (κ3) is 5.03. The van der Waals surface area contributed by atoms with Crippen molar-refractivity contribution < 1.29 is 0 Å². The molecule has 82 valence electrons. The molecule has 0 saturated carbocycles. The molecule has 0 fully saturated rings. The highest BCUT2D eigenvalue weighted by atomic mass is 35.5. The van der Waals surface area contributed by atoms with Crippen LogP contribution in [0.25, 0.3) is 6.08 Å². The molecule has 0 heterocycles. The first-order chi connectivity index (χ1) is 7.22. The van der Waals surface area contributed by atoms with Crippen LogP contribution < -0.4 is 0 Å². The zero-order valence-corrected chi connectivity index (χ0v) is 10.3. The van der Waals surface area contributed by atoms with Crippen LogP contribution in [0.15, 0.2) is 30.3 Å². The first-order valence-corrected chi connectivity index (χ1v) is 6.07. The summed E-state index contributed by atoms with van der Waals surface area (Å²) in [6, 6.07) is 8.76. The van der Waals surface area contributed by atoms with Gasteiger partial charge in [0.1, 0.15) is 0 Å². The van der Waals surface area contributed by atoms with Crippen molar-refractivity contribution in [2.75, 3.05) is 5.88 Å². The average Bonchev–Trinajstić information content (AvgIpc) is 2.20. The average molecular weight is 223 g/mol. The molecule has 0 aliphatic heterocycles. The van der Waals surface area contributed by atoms with Crippen LogP contribution in [0.1, 0.15) is 31.4 Å². The van der Waals surface area contributed by atoms with Crippen molar-refractivity contribution in [1.29, 1.82) is 0 Å². The summed E-state index contributed by atoms with van der Waals surface area (Å²) in [5, 5.41) is 0. The minimum absolute atomic E-state index is 0.696. The maximum Gasteiger partial charge on any atom is 0.0258 e. The normalized spacial score (nSPS) is 11.5. The zero-order valence-electron chi connectivity index (χ0n) is 9.54. The van der Waals surface area contributed by atoms with Gasteiger partial charge in [-0.15, -0.1) is 11.6 Å². The number of hydrogen-bond donors (Lipinski definition) is 0. The lowest BCUT2D eigenvalue weighted by molar-refractivity contribution is 0.647. The number of allylic oxidation sites excluding steroid dienone is 1. The zero-order chi connectivity index (χ0) is 11.1. The molecule has 0 radical (unpaired) electrons. The van der Waals surface area contributed by atoms with Gasteiger partial charge in [-0.1, -0.05) is 50.3 Å². The van der Waals surface area contributed by atoms with E-state index in [2.05, 4.69) is 50.3 Å². The Morgan fingerprint density at radius 2 is 1.87 bits per heavy atom. The van der Waals surface area contributed by atoms with Gasteiger partial charge < -0.3 is 0 Å². The second-order valence-electron chi connectivity index (χ2n) is 4.22. The monoisotopic (exact) mass is 222 g/mol. The van der Waals surface area contributed by atoms with Crippen molar-refractivity contribution in [3.8, 4) is 0 Å². The van der Waals surface area contributed by atoms with Gasteiger partial charge in [-0.05, 0) is 29.9 Å². The van der Waals surface area contributed by atoms with E-state index in [-0.39, 0.29) is 0 Å². The van der Waals surface area contributed by atoms with Crippen molar-refractivity contribution >= 4 is 17.7 Å². The smallest absolute Gasteiger partial charge is 0.0258 e. The maximum absolute atomic E-state index is 5.60. The molecule has 0 atom stereocenters. The van der Waals surface area contributed by atoms with Crippen LogP contribution in [-0.2, 0) is 6.42 Å². The van der Waals surface area contributed by atoms with Gasteiger partial charge in [-0.2, -0.15) is 0 Å². The van der Waals surface area contributed by atoms with E-state index < -0.39 is 0 Å². The molecule has 0 amide bonds. The Bertz CT molecular complexity index is 296. The molecule has 15 heavy (non-hydrogen) atoms. The molecule has 1 rings (SSSR count). The van der Waals surface area contributed by atoms with E-state index in [1.165, 1.54) is 11.1 Å². The lowest BCUT2D eigenvalue weighted by Crippen LogP contribution is -1.93. The Hall–Kier alpha value is -0.750. The summed E-state index contributed by atoms with van der Waals surface area (Å²) in [4.78, 5) is 0. The van der Waals surface area contributed by atoms with Crippen molar-refractivity contribution in [2.45, 2.75) is 26.7 Å². The molecular weight excluding hydrogens is 204 g/mol. The molecule has 1 heteroatoms.